The van der Waals surface area contributed by atoms with E-state index < -0.39 is 0 Å². The quantitative estimate of drug-likeness (QED) is 0.894. The third-order valence-corrected chi connectivity index (χ3v) is 3.84. The first-order valence-electron chi connectivity index (χ1n) is 7.14. The molecule has 3 heteroatoms. The summed E-state index contributed by atoms with van der Waals surface area (Å²) in [6.07, 6.45) is 0. The Kier molecular flexibility index (Phi) is 4.97. The molecule has 0 heterocycles. The van der Waals surface area contributed by atoms with Gasteiger partial charge in [-0.2, -0.15) is 0 Å². The highest BCUT2D eigenvalue weighted by Gasteiger charge is 2.12. The highest BCUT2D eigenvalue weighted by molar-refractivity contribution is 5.34. The van der Waals surface area contributed by atoms with Crippen molar-refractivity contribution in [1.29, 1.82) is 0 Å². The Hall–Kier alpha value is -1.87. The Labute approximate surface area is 126 Å². The molecule has 0 saturated carbocycles. The summed E-state index contributed by atoms with van der Waals surface area (Å²) in [5.41, 5.74) is 4.64. The second-order valence-electron chi connectivity index (χ2n) is 5.41. The molecule has 0 saturated heterocycles. The SMILES string of the molecule is CNC(COc1cc(F)ccc1C)c1ccc(C)c(C)c1. The van der Waals surface area contributed by atoms with Crippen molar-refractivity contribution in [3.63, 3.8) is 0 Å². The monoisotopic (exact) mass is 287 g/mol. The van der Waals surface area contributed by atoms with Gasteiger partial charge in [0.1, 0.15) is 18.2 Å². The molecule has 0 aromatic heterocycles. The molecule has 1 atom stereocenters. The molecular weight excluding hydrogens is 265 g/mol. The van der Waals surface area contributed by atoms with Crippen molar-refractivity contribution in [3.05, 3.63) is 64.5 Å². The summed E-state index contributed by atoms with van der Waals surface area (Å²) in [6.45, 7) is 6.58. The van der Waals surface area contributed by atoms with Gasteiger partial charge in [0, 0.05) is 6.07 Å². The van der Waals surface area contributed by atoms with Crippen LogP contribution in [0.5, 0.6) is 5.75 Å². The number of hydrogen-bond donors (Lipinski definition) is 1. The van der Waals surface area contributed by atoms with Crippen molar-refractivity contribution < 1.29 is 9.13 Å². The summed E-state index contributed by atoms with van der Waals surface area (Å²) in [7, 11) is 1.90. The molecule has 0 amide bonds. The van der Waals surface area contributed by atoms with E-state index in [1.807, 2.05) is 14.0 Å². The zero-order valence-electron chi connectivity index (χ0n) is 13.0. The predicted octanol–water partition coefficient (Wildman–Crippen LogP) is 4.09. The number of halogens is 1. The molecule has 21 heavy (non-hydrogen) atoms. The summed E-state index contributed by atoms with van der Waals surface area (Å²) in [5.74, 6) is 0.321. The van der Waals surface area contributed by atoms with Gasteiger partial charge in [0.25, 0.3) is 0 Å². The van der Waals surface area contributed by atoms with Gasteiger partial charge in [0.15, 0.2) is 0 Å². The predicted molar refractivity (Wildman–Crippen MR) is 84.3 cm³/mol. The largest absolute Gasteiger partial charge is 0.491 e. The van der Waals surface area contributed by atoms with Crippen molar-refractivity contribution in [2.45, 2.75) is 26.8 Å². The summed E-state index contributed by atoms with van der Waals surface area (Å²) in [5, 5.41) is 3.25. The van der Waals surface area contributed by atoms with Gasteiger partial charge < -0.3 is 10.1 Å². The molecule has 112 valence electrons. The molecule has 0 aliphatic heterocycles. The molecule has 0 bridgehead atoms. The van der Waals surface area contributed by atoms with E-state index in [1.165, 1.54) is 28.8 Å². The van der Waals surface area contributed by atoms with Crippen molar-refractivity contribution in [1.82, 2.24) is 5.32 Å². The number of benzene rings is 2. The summed E-state index contributed by atoms with van der Waals surface area (Å²) in [6, 6.07) is 11.1. The molecule has 0 fully saturated rings. The Bertz CT molecular complexity index is 625. The van der Waals surface area contributed by atoms with Gasteiger partial charge in [-0.15, -0.1) is 0 Å². The van der Waals surface area contributed by atoms with Gasteiger partial charge in [0.05, 0.1) is 6.04 Å². The van der Waals surface area contributed by atoms with E-state index in [0.29, 0.717) is 12.4 Å². The van der Waals surface area contributed by atoms with Crippen LogP contribution in [0.15, 0.2) is 36.4 Å². The van der Waals surface area contributed by atoms with E-state index in [1.54, 1.807) is 6.07 Å². The fourth-order valence-corrected chi connectivity index (χ4v) is 2.23. The fourth-order valence-electron chi connectivity index (χ4n) is 2.23. The highest BCUT2D eigenvalue weighted by Crippen LogP contribution is 2.22. The average Bonchev–Trinajstić information content (AvgIpc) is 2.46. The lowest BCUT2D eigenvalue weighted by Crippen LogP contribution is -2.23. The van der Waals surface area contributed by atoms with E-state index >= 15 is 0 Å². The van der Waals surface area contributed by atoms with Crippen LogP contribution in [0.3, 0.4) is 0 Å². The zero-order chi connectivity index (χ0) is 15.4. The van der Waals surface area contributed by atoms with Gasteiger partial charge in [-0.05, 0) is 56.1 Å². The lowest BCUT2D eigenvalue weighted by Gasteiger charge is -2.19. The standard InChI is InChI=1S/C18H22FNO/c1-12-5-7-15(9-14(12)3)17(20-4)11-21-18-10-16(19)8-6-13(18)2/h5-10,17,20H,11H2,1-4H3. The number of rotatable bonds is 5. The van der Waals surface area contributed by atoms with Crippen molar-refractivity contribution in [2.75, 3.05) is 13.7 Å². The lowest BCUT2D eigenvalue weighted by atomic mass is 10.0. The van der Waals surface area contributed by atoms with Crippen LogP contribution in [0.25, 0.3) is 0 Å². The fraction of sp³-hybridized carbons (Fsp3) is 0.333. The maximum absolute atomic E-state index is 13.3. The van der Waals surface area contributed by atoms with Gasteiger partial charge >= 0.3 is 0 Å². The van der Waals surface area contributed by atoms with Crippen molar-refractivity contribution >= 4 is 0 Å². The normalized spacial score (nSPS) is 12.2. The van der Waals surface area contributed by atoms with E-state index in [0.717, 1.165) is 5.56 Å². The average molecular weight is 287 g/mol. The van der Waals surface area contributed by atoms with E-state index in [9.17, 15) is 4.39 Å². The minimum Gasteiger partial charge on any atom is -0.491 e. The molecule has 0 radical (unpaired) electrons. The first-order chi connectivity index (χ1) is 10.0. The van der Waals surface area contributed by atoms with Crippen LogP contribution in [0, 0.1) is 26.6 Å². The Morgan fingerprint density at radius 3 is 2.38 bits per heavy atom. The second kappa shape index (κ2) is 6.72. The Morgan fingerprint density at radius 1 is 1.00 bits per heavy atom. The highest BCUT2D eigenvalue weighted by atomic mass is 19.1. The minimum atomic E-state index is -0.275. The molecule has 2 aromatic rings. The van der Waals surface area contributed by atoms with E-state index in [4.69, 9.17) is 4.74 Å². The van der Waals surface area contributed by atoms with Crippen molar-refractivity contribution in [3.8, 4) is 5.75 Å². The number of likely N-dealkylation sites (N-methyl/N-ethyl adjacent to an activating group) is 1. The third kappa shape index (κ3) is 3.82. The Balaban J connectivity index is 2.12. The maximum Gasteiger partial charge on any atom is 0.126 e. The second-order valence-corrected chi connectivity index (χ2v) is 5.41. The molecule has 1 N–H and O–H groups in total. The summed E-state index contributed by atoms with van der Waals surface area (Å²) >= 11 is 0. The third-order valence-electron chi connectivity index (χ3n) is 3.84. The molecular formula is C18H22FNO. The van der Waals surface area contributed by atoms with Gasteiger partial charge in [-0.1, -0.05) is 24.3 Å². The van der Waals surface area contributed by atoms with Crippen LogP contribution in [0.4, 0.5) is 4.39 Å². The number of ether oxygens (including phenoxy) is 1. The lowest BCUT2D eigenvalue weighted by molar-refractivity contribution is 0.270. The number of nitrogens with one attached hydrogen (secondary N) is 1. The first-order valence-corrected chi connectivity index (χ1v) is 7.14. The first kappa shape index (κ1) is 15.5. The summed E-state index contributed by atoms with van der Waals surface area (Å²) in [4.78, 5) is 0. The molecule has 0 aliphatic carbocycles. The smallest absolute Gasteiger partial charge is 0.126 e. The minimum absolute atomic E-state index is 0.0759. The van der Waals surface area contributed by atoms with Crippen LogP contribution >= 0.6 is 0 Å². The maximum atomic E-state index is 13.3. The number of hydrogen-bond acceptors (Lipinski definition) is 2. The van der Waals surface area contributed by atoms with E-state index in [2.05, 4.69) is 37.4 Å². The van der Waals surface area contributed by atoms with E-state index in [-0.39, 0.29) is 11.9 Å². The van der Waals surface area contributed by atoms with Crippen LogP contribution in [0.1, 0.15) is 28.3 Å². The Morgan fingerprint density at radius 2 is 1.71 bits per heavy atom. The molecule has 0 spiro atoms. The molecule has 1 unspecified atom stereocenters. The zero-order valence-corrected chi connectivity index (χ0v) is 13.0. The number of aryl methyl sites for hydroxylation is 3. The molecule has 0 aliphatic rings. The van der Waals surface area contributed by atoms with Gasteiger partial charge in [-0.25, -0.2) is 4.39 Å². The topological polar surface area (TPSA) is 21.3 Å². The molecule has 2 rings (SSSR count). The van der Waals surface area contributed by atoms with Gasteiger partial charge in [-0.3, -0.25) is 0 Å². The van der Waals surface area contributed by atoms with Crippen LogP contribution in [-0.4, -0.2) is 13.7 Å². The molecule has 2 aromatic carbocycles. The van der Waals surface area contributed by atoms with Gasteiger partial charge in [0.2, 0.25) is 0 Å². The van der Waals surface area contributed by atoms with Crippen LogP contribution in [0.2, 0.25) is 0 Å². The van der Waals surface area contributed by atoms with Crippen LogP contribution < -0.4 is 10.1 Å². The van der Waals surface area contributed by atoms with Crippen LogP contribution in [-0.2, 0) is 0 Å². The summed E-state index contributed by atoms with van der Waals surface area (Å²) < 4.78 is 19.1. The molecule has 2 nitrogen and oxygen atoms in total. The van der Waals surface area contributed by atoms with Crippen molar-refractivity contribution in [2.24, 2.45) is 0 Å².